The van der Waals surface area contributed by atoms with Gasteiger partial charge in [0, 0.05) is 37.5 Å². The first kappa shape index (κ1) is 20.9. The van der Waals surface area contributed by atoms with E-state index in [2.05, 4.69) is 15.7 Å². The lowest BCUT2D eigenvalue weighted by Gasteiger charge is -2.26. The smallest absolute Gasteiger partial charge is 0.322 e. The molecule has 1 aliphatic heterocycles. The van der Waals surface area contributed by atoms with Crippen molar-refractivity contribution in [3.63, 3.8) is 0 Å². The predicted octanol–water partition coefficient (Wildman–Crippen LogP) is 5.01. The van der Waals surface area contributed by atoms with Gasteiger partial charge in [-0.15, -0.1) is 0 Å². The molecular weight excluding hydrogens is 414 g/mol. The summed E-state index contributed by atoms with van der Waals surface area (Å²) in [5.74, 6) is 0.376. The van der Waals surface area contributed by atoms with Crippen molar-refractivity contribution in [3.8, 4) is 11.3 Å². The minimum Gasteiger partial charge on any atom is -0.325 e. The second-order valence-electron chi connectivity index (χ2n) is 7.53. The van der Waals surface area contributed by atoms with Crippen LogP contribution < -0.4 is 10.6 Å². The molecule has 0 atom stereocenters. The van der Waals surface area contributed by atoms with Crippen molar-refractivity contribution >= 4 is 35.0 Å². The number of rotatable bonds is 4. The highest BCUT2D eigenvalue weighted by Gasteiger charge is 2.18. The van der Waals surface area contributed by atoms with Crippen molar-refractivity contribution in [2.75, 3.05) is 23.7 Å². The monoisotopic (exact) mass is 437 g/mol. The Labute approximate surface area is 186 Å². The van der Waals surface area contributed by atoms with E-state index in [1.54, 1.807) is 36.0 Å². The third-order valence-corrected chi connectivity index (χ3v) is 5.64. The zero-order chi connectivity index (χ0) is 21.8. The summed E-state index contributed by atoms with van der Waals surface area (Å²) in [7, 11) is 1.80. The molecule has 2 aromatic carbocycles. The van der Waals surface area contributed by atoms with Crippen molar-refractivity contribution < 1.29 is 9.59 Å². The molecule has 0 unspecified atom stereocenters. The maximum atomic E-state index is 12.5. The van der Waals surface area contributed by atoms with Crippen LogP contribution in [0.1, 0.15) is 29.6 Å². The maximum Gasteiger partial charge on any atom is 0.322 e. The van der Waals surface area contributed by atoms with E-state index < -0.39 is 0 Å². The predicted molar refractivity (Wildman–Crippen MR) is 122 cm³/mol. The number of piperidine rings is 1. The fourth-order valence-corrected chi connectivity index (χ4v) is 3.80. The highest BCUT2D eigenvalue weighted by Crippen LogP contribution is 2.24. The van der Waals surface area contributed by atoms with Crippen molar-refractivity contribution in [2.24, 2.45) is 7.05 Å². The lowest BCUT2D eigenvalue weighted by atomic mass is 10.1. The van der Waals surface area contributed by atoms with Gasteiger partial charge in [0.25, 0.3) is 5.91 Å². The van der Waals surface area contributed by atoms with Crippen LogP contribution in [-0.2, 0) is 7.05 Å². The number of aryl methyl sites for hydroxylation is 1. The number of carbonyl (C=O) groups is 2. The van der Waals surface area contributed by atoms with Crippen LogP contribution in [0.2, 0.25) is 5.02 Å². The van der Waals surface area contributed by atoms with E-state index in [1.165, 1.54) is 6.42 Å². The van der Waals surface area contributed by atoms with E-state index >= 15 is 0 Å². The Morgan fingerprint density at radius 2 is 1.68 bits per heavy atom. The van der Waals surface area contributed by atoms with Crippen LogP contribution in [0.25, 0.3) is 11.3 Å². The molecule has 0 bridgehead atoms. The van der Waals surface area contributed by atoms with Crippen LogP contribution in [0.5, 0.6) is 0 Å². The first-order valence-corrected chi connectivity index (χ1v) is 10.7. The van der Waals surface area contributed by atoms with E-state index in [1.807, 2.05) is 35.2 Å². The van der Waals surface area contributed by atoms with Crippen LogP contribution in [-0.4, -0.2) is 39.7 Å². The Hall–Kier alpha value is -3.32. The van der Waals surface area contributed by atoms with Crippen molar-refractivity contribution in [1.29, 1.82) is 0 Å². The molecule has 4 rings (SSSR count). The van der Waals surface area contributed by atoms with E-state index in [0.717, 1.165) is 37.2 Å². The third-order valence-electron chi connectivity index (χ3n) is 5.32. The van der Waals surface area contributed by atoms with Crippen LogP contribution in [0.3, 0.4) is 0 Å². The molecule has 0 saturated carbocycles. The first-order valence-electron chi connectivity index (χ1n) is 10.3. The number of nitrogens with zero attached hydrogens (tertiary/aromatic N) is 3. The second kappa shape index (κ2) is 9.22. The lowest BCUT2D eigenvalue weighted by Crippen LogP contribution is -2.39. The van der Waals surface area contributed by atoms with Crippen molar-refractivity contribution in [2.45, 2.75) is 19.3 Å². The highest BCUT2D eigenvalue weighted by molar-refractivity contribution is 6.34. The molecule has 3 amide bonds. The van der Waals surface area contributed by atoms with Gasteiger partial charge >= 0.3 is 6.03 Å². The van der Waals surface area contributed by atoms with Gasteiger partial charge in [-0.1, -0.05) is 35.9 Å². The first-order chi connectivity index (χ1) is 15.0. The molecular formula is C23H24ClN5O2. The van der Waals surface area contributed by atoms with E-state index in [0.29, 0.717) is 22.1 Å². The Bertz CT molecular complexity index is 1090. The van der Waals surface area contributed by atoms with Crippen LogP contribution >= 0.6 is 11.6 Å². The fraction of sp³-hybridized carbons (Fsp3) is 0.261. The molecule has 31 heavy (non-hydrogen) atoms. The van der Waals surface area contributed by atoms with Crippen molar-refractivity contribution in [3.05, 3.63) is 65.2 Å². The molecule has 8 heteroatoms. The molecule has 160 valence electrons. The van der Waals surface area contributed by atoms with Crippen LogP contribution in [0.4, 0.5) is 16.3 Å². The highest BCUT2D eigenvalue weighted by atomic mass is 35.5. The van der Waals surface area contributed by atoms with E-state index in [-0.39, 0.29) is 11.9 Å². The Kier molecular flexibility index (Phi) is 6.23. The van der Waals surface area contributed by atoms with E-state index in [9.17, 15) is 9.59 Å². The number of aromatic nitrogens is 2. The van der Waals surface area contributed by atoms with Gasteiger partial charge in [-0.2, -0.15) is 5.10 Å². The number of hydrogen-bond donors (Lipinski definition) is 2. The summed E-state index contributed by atoms with van der Waals surface area (Å²) in [5, 5.41) is 10.7. The summed E-state index contributed by atoms with van der Waals surface area (Å²) >= 11 is 6.09. The molecule has 2 N–H and O–H groups in total. The summed E-state index contributed by atoms with van der Waals surface area (Å²) in [4.78, 5) is 26.7. The Morgan fingerprint density at radius 1 is 0.968 bits per heavy atom. The summed E-state index contributed by atoms with van der Waals surface area (Å²) in [6, 6.07) is 16.0. The number of hydrogen-bond acceptors (Lipinski definition) is 3. The number of carbonyl (C=O) groups excluding carboxylic acids is 2. The molecule has 3 aromatic rings. The van der Waals surface area contributed by atoms with Gasteiger partial charge in [0.1, 0.15) is 5.82 Å². The Balaban J connectivity index is 1.43. The molecule has 0 radical (unpaired) electrons. The van der Waals surface area contributed by atoms with Gasteiger partial charge in [0.05, 0.1) is 16.3 Å². The lowest BCUT2D eigenvalue weighted by molar-refractivity contribution is 0.102. The molecule has 0 aliphatic carbocycles. The van der Waals surface area contributed by atoms with Gasteiger partial charge in [0.2, 0.25) is 0 Å². The quantitative estimate of drug-likeness (QED) is 0.602. The van der Waals surface area contributed by atoms with Gasteiger partial charge in [-0.25, -0.2) is 4.79 Å². The van der Waals surface area contributed by atoms with Crippen molar-refractivity contribution in [1.82, 2.24) is 14.7 Å². The second-order valence-corrected chi connectivity index (χ2v) is 7.93. The molecule has 2 heterocycles. The topological polar surface area (TPSA) is 79.3 Å². The maximum absolute atomic E-state index is 12.5. The molecule has 7 nitrogen and oxygen atoms in total. The average molecular weight is 438 g/mol. The molecule has 1 saturated heterocycles. The number of likely N-dealkylation sites (tertiary alicyclic amines) is 1. The number of halogens is 1. The van der Waals surface area contributed by atoms with Gasteiger partial charge in [-0.05, 0) is 43.5 Å². The number of nitrogens with one attached hydrogen (secondary N) is 2. The average Bonchev–Trinajstić information content (AvgIpc) is 3.15. The van der Waals surface area contributed by atoms with Crippen LogP contribution in [0.15, 0.2) is 54.6 Å². The summed E-state index contributed by atoms with van der Waals surface area (Å²) < 4.78 is 1.66. The standard InChI is InChI=1S/C23H24ClN5O2/c1-28-21(26-23(31)29-13-5-2-6-14-29)15-20(27-28)16-9-11-17(12-10-16)25-22(30)18-7-3-4-8-19(18)24/h3-4,7-12,15H,2,5-6,13-14H2,1H3,(H,25,30)(H,26,31). The van der Waals surface area contributed by atoms with Gasteiger partial charge < -0.3 is 10.2 Å². The van der Waals surface area contributed by atoms with Gasteiger partial charge in [-0.3, -0.25) is 14.8 Å². The zero-order valence-corrected chi connectivity index (χ0v) is 18.0. The van der Waals surface area contributed by atoms with E-state index in [4.69, 9.17) is 11.6 Å². The molecule has 1 fully saturated rings. The summed E-state index contributed by atoms with van der Waals surface area (Å²) in [6.07, 6.45) is 3.27. The Morgan fingerprint density at radius 3 is 2.39 bits per heavy atom. The largest absolute Gasteiger partial charge is 0.325 e. The van der Waals surface area contributed by atoms with Gasteiger partial charge in [0.15, 0.2) is 0 Å². The number of benzene rings is 2. The van der Waals surface area contributed by atoms with Crippen LogP contribution in [0, 0.1) is 0 Å². The number of amides is 3. The summed E-state index contributed by atoms with van der Waals surface area (Å²) in [5.41, 5.74) is 2.69. The molecule has 1 aliphatic rings. The molecule has 1 aromatic heterocycles. The number of anilines is 2. The minimum absolute atomic E-state index is 0.0908. The normalized spacial score (nSPS) is 13.7. The zero-order valence-electron chi connectivity index (χ0n) is 17.3. The minimum atomic E-state index is -0.265. The SMILES string of the molecule is Cn1nc(-c2ccc(NC(=O)c3ccccc3Cl)cc2)cc1NC(=O)N1CCCCC1. The molecule has 0 spiro atoms. The third kappa shape index (κ3) is 4.88. The summed E-state index contributed by atoms with van der Waals surface area (Å²) in [6.45, 7) is 1.58. The fourth-order valence-electron chi connectivity index (χ4n) is 3.58. The number of urea groups is 1.